The van der Waals surface area contributed by atoms with E-state index in [4.69, 9.17) is 16.3 Å². The van der Waals surface area contributed by atoms with Crippen molar-refractivity contribution in [3.8, 4) is 5.75 Å². The van der Waals surface area contributed by atoms with Crippen molar-refractivity contribution >= 4 is 33.2 Å². The number of benzene rings is 2. The van der Waals surface area contributed by atoms with E-state index in [9.17, 15) is 13.2 Å². The van der Waals surface area contributed by atoms with Gasteiger partial charge in [-0.2, -0.15) is 0 Å². The van der Waals surface area contributed by atoms with Gasteiger partial charge in [0.05, 0.1) is 10.7 Å². The number of amides is 1. The molecule has 138 valence electrons. The lowest BCUT2D eigenvalue weighted by atomic mass is 10.1. The summed E-state index contributed by atoms with van der Waals surface area (Å²) in [5.74, 6) is -0.0262. The fraction of sp³-hybridized carbons (Fsp3) is 0.278. The summed E-state index contributed by atoms with van der Waals surface area (Å²) in [7, 11) is -3.84. The minimum Gasteiger partial charge on any atom is -0.482 e. The van der Waals surface area contributed by atoms with Crippen LogP contribution in [-0.2, 0) is 21.2 Å². The van der Waals surface area contributed by atoms with Gasteiger partial charge >= 0.3 is 0 Å². The van der Waals surface area contributed by atoms with Gasteiger partial charge in [0, 0.05) is 12.1 Å². The molecule has 0 aromatic heterocycles. The fourth-order valence-corrected chi connectivity index (χ4v) is 4.60. The van der Waals surface area contributed by atoms with Crippen LogP contribution in [0.2, 0.25) is 5.02 Å². The molecule has 0 saturated carbocycles. The highest BCUT2D eigenvalue weighted by Crippen LogP contribution is 2.35. The molecule has 1 aliphatic rings. The average Bonchev–Trinajstić information content (AvgIpc) is 2.61. The Hall–Kier alpha value is -2.09. The molecule has 1 heterocycles. The van der Waals surface area contributed by atoms with Crippen LogP contribution in [0, 0.1) is 0 Å². The molecule has 1 unspecified atom stereocenters. The number of rotatable bonds is 6. The number of ether oxygens (including phenoxy) is 1. The smallest absolute Gasteiger partial charge is 0.262 e. The van der Waals surface area contributed by atoms with E-state index in [2.05, 4.69) is 10.0 Å². The van der Waals surface area contributed by atoms with Gasteiger partial charge in [-0.25, -0.2) is 13.1 Å². The summed E-state index contributed by atoms with van der Waals surface area (Å²) in [5, 5.41) is 2.63. The highest BCUT2D eigenvalue weighted by molar-refractivity contribution is 7.89. The number of nitrogens with one attached hydrogen (secondary N) is 2. The second-order valence-electron chi connectivity index (χ2n) is 6.03. The van der Waals surface area contributed by atoms with E-state index < -0.39 is 10.0 Å². The highest BCUT2D eigenvalue weighted by Gasteiger charge is 2.26. The molecular weight excluding hydrogens is 376 g/mol. The zero-order chi connectivity index (χ0) is 18.7. The van der Waals surface area contributed by atoms with E-state index in [1.54, 1.807) is 0 Å². The van der Waals surface area contributed by atoms with Gasteiger partial charge in [-0.05, 0) is 24.5 Å². The van der Waals surface area contributed by atoms with E-state index in [1.807, 2.05) is 37.3 Å². The minimum absolute atomic E-state index is 0.0246. The van der Waals surface area contributed by atoms with Crippen LogP contribution in [0.4, 0.5) is 5.69 Å². The molecule has 2 aromatic carbocycles. The molecule has 0 bridgehead atoms. The van der Waals surface area contributed by atoms with Crippen LogP contribution in [-0.4, -0.2) is 27.0 Å². The van der Waals surface area contributed by atoms with Crippen LogP contribution in [0.3, 0.4) is 0 Å². The zero-order valence-electron chi connectivity index (χ0n) is 14.2. The molecule has 0 aliphatic carbocycles. The van der Waals surface area contributed by atoms with Crippen LogP contribution in [0.5, 0.6) is 5.75 Å². The minimum atomic E-state index is -3.84. The Morgan fingerprint density at radius 1 is 1.27 bits per heavy atom. The molecule has 1 aliphatic heterocycles. The van der Waals surface area contributed by atoms with Gasteiger partial charge in [0.2, 0.25) is 10.0 Å². The molecule has 0 saturated heterocycles. The van der Waals surface area contributed by atoms with Crippen LogP contribution < -0.4 is 14.8 Å². The van der Waals surface area contributed by atoms with Crippen molar-refractivity contribution in [2.45, 2.75) is 30.7 Å². The molecule has 0 spiro atoms. The predicted octanol–water partition coefficient (Wildman–Crippen LogP) is 2.97. The molecule has 2 aromatic rings. The molecule has 6 nitrogen and oxygen atoms in total. The average molecular weight is 395 g/mol. The Kier molecular flexibility index (Phi) is 5.50. The van der Waals surface area contributed by atoms with Gasteiger partial charge in [0.15, 0.2) is 6.61 Å². The first kappa shape index (κ1) is 18.7. The molecule has 0 radical (unpaired) electrons. The third kappa shape index (κ3) is 4.17. The first-order chi connectivity index (χ1) is 12.4. The Morgan fingerprint density at radius 2 is 2.00 bits per heavy atom. The van der Waals surface area contributed by atoms with Crippen molar-refractivity contribution in [1.29, 1.82) is 0 Å². The van der Waals surface area contributed by atoms with Crippen molar-refractivity contribution in [3.05, 3.63) is 53.1 Å². The molecule has 1 amide bonds. The van der Waals surface area contributed by atoms with E-state index in [0.717, 1.165) is 5.56 Å². The number of halogens is 1. The molecule has 8 heteroatoms. The number of hydrogen-bond donors (Lipinski definition) is 2. The van der Waals surface area contributed by atoms with E-state index in [0.29, 0.717) is 18.5 Å². The maximum absolute atomic E-state index is 12.8. The molecule has 0 fully saturated rings. The number of fused-ring (bicyclic) bond motifs is 1. The first-order valence-corrected chi connectivity index (χ1v) is 10.1. The quantitative estimate of drug-likeness (QED) is 0.788. The second kappa shape index (κ2) is 7.65. The fourth-order valence-electron chi connectivity index (χ4n) is 2.74. The summed E-state index contributed by atoms with van der Waals surface area (Å²) in [6.07, 6.45) is 1.20. The Morgan fingerprint density at radius 3 is 2.69 bits per heavy atom. The summed E-state index contributed by atoms with van der Waals surface area (Å²) < 4.78 is 33.6. The Labute approximate surface area is 157 Å². The number of sulfonamides is 1. The molecule has 2 N–H and O–H groups in total. The Bertz CT molecular complexity index is 916. The number of carbonyl (C=O) groups is 1. The predicted molar refractivity (Wildman–Crippen MR) is 100 cm³/mol. The maximum atomic E-state index is 12.8. The van der Waals surface area contributed by atoms with Crippen molar-refractivity contribution in [1.82, 2.24) is 4.72 Å². The first-order valence-electron chi connectivity index (χ1n) is 8.21. The van der Waals surface area contributed by atoms with Crippen LogP contribution >= 0.6 is 11.6 Å². The molecule has 26 heavy (non-hydrogen) atoms. The van der Waals surface area contributed by atoms with Gasteiger partial charge in [-0.15, -0.1) is 0 Å². The highest BCUT2D eigenvalue weighted by atomic mass is 35.5. The summed E-state index contributed by atoms with van der Waals surface area (Å²) in [6.45, 7) is 1.76. The van der Waals surface area contributed by atoms with Gasteiger partial charge in [0.1, 0.15) is 10.6 Å². The van der Waals surface area contributed by atoms with Crippen molar-refractivity contribution < 1.29 is 17.9 Å². The molecule has 1 atom stereocenters. The number of carbonyl (C=O) groups excluding carboxylic acids is 1. The second-order valence-corrected chi connectivity index (χ2v) is 8.12. The third-order valence-corrected chi connectivity index (χ3v) is 6.08. The SMILES string of the molecule is CCC(Cc1ccccc1)NS(=O)(=O)c1cc2c(cc1Cl)NC(=O)CO2. The lowest BCUT2D eigenvalue weighted by Crippen LogP contribution is -2.36. The van der Waals surface area contributed by atoms with E-state index in [-0.39, 0.29) is 34.2 Å². The lowest BCUT2D eigenvalue weighted by Gasteiger charge is -2.21. The van der Waals surface area contributed by atoms with Crippen molar-refractivity contribution in [2.24, 2.45) is 0 Å². The standard InChI is InChI=1S/C18H19ClN2O4S/c1-2-13(8-12-6-4-3-5-7-12)21-26(23,24)17-10-16-15(9-14(17)19)20-18(22)11-25-16/h3-7,9-10,13,21H,2,8,11H2,1H3,(H,20,22). The number of anilines is 1. The van der Waals surface area contributed by atoms with Crippen LogP contribution in [0.15, 0.2) is 47.4 Å². The summed E-state index contributed by atoms with van der Waals surface area (Å²) in [6, 6.07) is 12.1. The van der Waals surface area contributed by atoms with Gasteiger partial charge in [-0.3, -0.25) is 4.79 Å². The number of hydrogen-bond acceptors (Lipinski definition) is 4. The van der Waals surface area contributed by atoms with Gasteiger partial charge < -0.3 is 10.1 Å². The van der Waals surface area contributed by atoms with Crippen LogP contribution in [0.25, 0.3) is 0 Å². The molecule has 3 rings (SSSR count). The normalized spacial score (nSPS) is 14.9. The summed E-state index contributed by atoms with van der Waals surface area (Å²) in [4.78, 5) is 11.3. The maximum Gasteiger partial charge on any atom is 0.262 e. The van der Waals surface area contributed by atoms with E-state index >= 15 is 0 Å². The Balaban J connectivity index is 1.84. The van der Waals surface area contributed by atoms with Gasteiger partial charge in [0.25, 0.3) is 5.91 Å². The van der Waals surface area contributed by atoms with Crippen molar-refractivity contribution in [2.75, 3.05) is 11.9 Å². The molecular formula is C18H19ClN2O4S. The monoisotopic (exact) mass is 394 g/mol. The third-order valence-electron chi connectivity index (χ3n) is 4.10. The largest absolute Gasteiger partial charge is 0.482 e. The van der Waals surface area contributed by atoms with E-state index in [1.165, 1.54) is 12.1 Å². The van der Waals surface area contributed by atoms with Crippen molar-refractivity contribution in [3.63, 3.8) is 0 Å². The summed E-state index contributed by atoms with van der Waals surface area (Å²) in [5.41, 5.74) is 1.41. The summed E-state index contributed by atoms with van der Waals surface area (Å²) >= 11 is 6.15. The topological polar surface area (TPSA) is 84.5 Å². The lowest BCUT2D eigenvalue weighted by molar-refractivity contribution is -0.118. The van der Waals surface area contributed by atoms with Crippen LogP contribution in [0.1, 0.15) is 18.9 Å². The van der Waals surface area contributed by atoms with Gasteiger partial charge in [-0.1, -0.05) is 48.9 Å². The zero-order valence-corrected chi connectivity index (χ0v) is 15.7.